The van der Waals surface area contributed by atoms with Gasteiger partial charge in [0, 0.05) is 26.0 Å². The molecule has 0 bridgehead atoms. The number of rotatable bonds is 7. The molecular formula is C17H18ClN5O4S2. The van der Waals surface area contributed by atoms with Gasteiger partial charge in [-0.3, -0.25) is 4.79 Å². The number of sulfonamides is 1. The third kappa shape index (κ3) is 4.81. The van der Waals surface area contributed by atoms with Crippen molar-refractivity contribution in [1.82, 2.24) is 19.5 Å². The zero-order chi connectivity index (χ0) is 21.2. The lowest BCUT2D eigenvalue weighted by Gasteiger charge is -2.15. The van der Waals surface area contributed by atoms with Gasteiger partial charge in [-0.25, -0.2) is 12.7 Å². The number of nitrogens with one attached hydrogen (secondary N) is 2. The van der Waals surface area contributed by atoms with Crippen molar-refractivity contribution >= 4 is 45.0 Å². The monoisotopic (exact) mass is 455 g/mol. The number of aromatic nitrogens is 3. The summed E-state index contributed by atoms with van der Waals surface area (Å²) in [5.74, 6) is -0.0357. The first-order chi connectivity index (χ1) is 13.7. The molecule has 2 aromatic heterocycles. The zero-order valence-electron chi connectivity index (χ0n) is 15.7. The number of thioether (sulfide) groups is 1. The normalized spacial score (nSPS) is 12.9. The number of hydrogen-bond acceptors (Lipinski definition) is 7. The third-order valence-electron chi connectivity index (χ3n) is 3.84. The lowest BCUT2D eigenvalue weighted by Crippen LogP contribution is -2.24. The molecule has 1 amide bonds. The van der Waals surface area contributed by atoms with Crippen LogP contribution in [-0.4, -0.2) is 53.2 Å². The largest absolute Gasteiger partial charge is 0.410 e. The maximum Gasteiger partial charge on any atom is 0.277 e. The third-order valence-corrected chi connectivity index (χ3v) is 7.07. The van der Waals surface area contributed by atoms with E-state index >= 15 is 0 Å². The van der Waals surface area contributed by atoms with Crippen molar-refractivity contribution in [2.24, 2.45) is 0 Å². The van der Waals surface area contributed by atoms with E-state index in [4.69, 9.17) is 16.0 Å². The molecule has 1 atom stereocenters. The number of anilines is 1. The topological polar surface area (TPSA) is 121 Å². The molecule has 0 saturated carbocycles. The predicted molar refractivity (Wildman–Crippen MR) is 110 cm³/mol. The molecule has 2 N–H and O–H groups in total. The molecule has 0 aliphatic rings. The van der Waals surface area contributed by atoms with Gasteiger partial charge in [0.05, 0.1) is 10.3 Å². The molecule has 0 fully saturated rings. The molecule has 0 spiro atoms. The molecule has 0 saturated heterocycles. The van der Waals surface area contributed by atoms with Crippen LogP contribution in [0.3, 0.4) is 0 Å². The molecule has 2 heterocycles. The molecule has 1 unspecified atom stereocenters. The van der Waals surface area contributed by atoms with E-state index in [1.165, 1.54) is 32.3 Å². The van der Waals surface area contributed by atoms with Crippen molar-refractivity contribution in [3.05, 3.63) is 41.6 Å². The summed E-state index contributed by atoms with van der Waals surface area (Å²) in [6.07, 6.45) is 1.74. The highest BCUT2D eigenvalue weighted by Gasteiger charge is 2.23. The Morgan fingerprint density at radius 3 is 2.72 bits per heavy atom. The lowest BCUT2D eigenvalue weighted by atomic mass is 10.3. The van der Waals surface area contributed by atoms with E-state index in [9.17, 15) is 13.2 Å². The molecule has 0 aliphatic carbocycles. The SMILES string of the molecule is CC(Sc1nnc(-c2ccc[nH]2)o1)C(=O)Nc1ccc(Cl)c(S(=O)(=O)N(C)C)c1. The van der Waals surface area contributed by atoms with Gasteiger partial charge >= 0.3 is 0 Å². The molecule has 3 aromatic rings. The molecule has 0 aliphatic heterocycles. The summed E-state index contributed by atoms with van der Waals surface area (Å²) in [6, 6.07) is 7.87. The Morgan fingerprint density at radius 1 is 1.31 bits per heavy atom. The molecule has 3 rings (SSSR count). The van der Waals surface area contributed by atoms with Crippen molar-refractivity contribution in [2.75, 3.05) is 19.4 Å². The minimum Gasteiger partial charge on any atom is -0.410 e. The number of benzene rings is 1. The molecule has 0 radical (unpaired) electrons. The van der Waals surface area contributed by atoms with Crippen molar-refractivity contribution in [1.29, 1.82) is 0 Å². The van der Waals surface area contributed by atoms with E-state index in [-0.39, 0.29) is 21.0 Å². The summed E-state index contributed by atoms with van der Waals surface area (Å²) in [5, 5.41) is 10.3. The van der Waals surface area contributed by atoms with Crippen LogP contribution in [0.2, 0.25) is 5.02 Å². The van der Waals surface area contributed by atoms with Gasteiger partial charge in [0.15, 0.2) is 0 Å². The van der Waals surface area contributed by atoms with Crippen LogP contribution >= 0.6 is 23.4 Å². The van der Waals surface area contributed by atoms with Crippen molar-refractivity contribution in [3.63, 3.8) is 0 Å². The number of aromatic amines is 1. The van der Waals surface area contributed by atoms with E-state index in [1.54, 1.807) is 25.3 Å². The van der Waals surface area contributed by atoms with Crippen LogP contribution in [0.4, 0.5) is 5.69 Å². The molecule has 12 heteroatoms. The Kier molecular flexibility index (Phi) is 6.32. The minimum atomic E-state index is -3.74. The van der Waals surface area contributed by atoms with Crippen molar-refractivity contribution in [2.45, 2.75) is 22.3 Å². The second-order valence-electron chi connectivity index (χ2n) is 6.14. The van der Waals surface area contributed by atoms with Crippen LogP contribution in [0, 0.1) is 0 Å². The quantitative estimate of drug-likeness (QED) is 0.525. The minimum absolute atomic E-state index is 0.0711. The standard InChI is InChI=1S/C17H18ClN5O4S2/c1-10(28-17-22-21-16(27-17)13-5-4-8-19-13)15(24)20-11-6-7-12(18)14(9-11)29(25,26)23(2)3/h4-10,19H,1-3H3,(H,20,24). The Balaban J connectivity index is 1.70. The average molecular weight is 456 g/mol. The van der Waals surface area contributed by atoms with Gasteiger partial charge in [0.1, 0.15) is 10.6 Å². The van der Waals surface area contributed by atoms with E-state index in [2.05, 4.69) is 20.5 Å². The predicted octanol–water partition coefficient (Wildman–Crippen LogP) is 3.09. The first-order valence-electron chi connectivity index (χ1n) is 8.35. The fourth-order valence-corrected chi connectivity index (χ4v) is 4.33. The van der Waals surface area contributed by atoms with Gasteiger partial charge in [0.2, 0.25) is 15.9 Å². The van der Waals surface area contributed by atoms with E-state index in [1.807, 2.05) is 0 Å². The van der Waals surface area contributed by atoms with Gasteiger partial charge in [-0.05, 0) is 37.3 Å². The molecule has 9 nitrogen and oxygen atoms in total. The second kappa shape index (κ2) is 8.57. The lowest BCUT2D eigenvalue weighted by molar-refractivity contribution is -0.115. The highest BCUT2D eigenvalue weighted by Crippen LogP contribution is 2.29. The summed E-state index contributed by atoms with van der Waals surface area (Å²) in [5.41, 5.74) is 0.988. The number of nitrogens with zero attached hydrogens (tertiary/aromatic N) is 3. The zero-order valence-corrected chi connectivity index (χ0v) is 18.1. The summed E-state index contributed by atoms with van der Waals surface area (Å²) >= 11 is 7.11. The Morgan fingerprint density at radius 2 is 2.07 bits per heavy atom. The Hall–Kier alpha value is -2.34. The molecule has 29 heavy (non-hydrogen) atoms. The number of amides is 1. The number of carbonyl (C=O) groups excluding carboxylic acids is 1. The summed E-state index contributed by atoms with van der Waals surface area (Å²) < 4.78 is 31.3. The fourth-order valence-electron chi connectivity index (χ4n) is 2.25. The van der Waals surface area contributed by atoms with Crippen LogP contribution in [0.1, 0.15) is 6.92 Å². The Bertz CT molecular complexity index is 1110. The molecule has 1 aromatic carbocycles. The van der Waals surface area contributed by atoms with Crippen LogP contribution < -0.4 is 5.32 Å². The highest BCUT2D eigenvalue weighted by molar-refractivity contribution is 8.00. The Labute approximate surface area is 176 Å². The number of carbonyl (C=O) groups is 1. The van der Waals surface area contributed by atoms with Crippen molar-refractivity contribution in [3.8, 4) is 11.6 Å². The van der Waals surface area contributed by atoms with Gasteiger partial charge in [-0.1, -0.05) is 23.4 Å². The fraction of sp³-hybridized carbons (Fsp3) is 0.235. The van der Waals surface area contributed by atoms with E-state index in [0.717, 1.165) is 16.1 Å². The first-order valence-corrected chi connectivity index (χ1v) is 11.0. The van der Waals surface area contributed by atoms with E-state index < -0.39 is 15.3 Å². The maximum absolute atomic E-state index is 12.5. The average Bonchev–Trinajstić information content (AvgIpc) is 3.34. The van der Waals surface area contributed by atoms with Gasteiger partial charge < -0.3 is 14.7 Å². The smallest absolute Gasteiger partial charge is 0.277 e. The number of hydrogen-bond donors (Lipinski definition) is 2. The summed E-state index contributed by atoms with van der Waals surface area (Å²) in [7, 11) is -0.936. The molecular weight excluding hydrogens is 438 g/mol. The van der Waals surface area contributed by atoms with Crippen LogP contribution in [0.15, 0.2) is 51.1 Å². The molecule has 154 valence electrons. The van der Waals surface area contributed by atoms with Crippen molar-refractivity contribution < 1.29 is 17.6 Å². The first kappa shape index (κ1) is 21.4. The van der Waals surface area contributed by atoms with E-state index in [0.29, 0.717) is 17.3 Å². The maximum atomic E-state index is 12.5. The number of halogens is 1. The highest BCUT2D eigenvalue weighted by atomic mass is 35.5. The summed E-state index contributed by atoms with van der Waals surface area (Å²) in [4.78, 5) is 15.4. The van der Waals surface area contributed by atoms with Crippen LogP contribution in [-0.2, 0) is 14.8 Å². The van der Waals surface area contributed by atoms with Gasteiger partial charge in [-0.15, -0.1) is 10.2 Å². The second-order valence-corrected chi connectivity index (χ2v) is 9.96. The van der Waals surface area contributed by atoms with Crippen LogP contribution in [0.25, 0.3) is 11.6 Å². The summed E-state index contributed by atoms with van der Waals surface area (Å²) in [6.45, 7) is 1.67. The van der Waals surface area contributed by atoms with Gasteiger partial charge in [0.25, 0.3) is 11.1 Å². The number of H-pyrrole nitrogens is 1. The van der Waals surface area contributed by atoms with Crippen LogP contribution in [0.5, 0.6) is 0 Å². The van der Waals surface area contributed by atoms with Gasteiger partial charge in [-0.2, -0.15) is 0 Å².